The highest BCUT2D eigenvalue weighted by atomic mass is 19.1. The van der Waals surface area contributed by atoms with Gasteiger partial charge in [-0.25, -0.2) is 4.39 Å². The highest BCUT2D eigenvalue weighted by molar-refractivity contribution is 5.80. The molecule has 0 spiro atoms. The number of nitrogens with one attached hydrogen (secondary N) is 1. The molecule has 3 rings (SSSR count). The number of halogens is 1. The lowest BCUT2D eigenvalue weighted by Gasteiger charge is -2.02. The Bertz CT molecular complexity index is 664. The van der Waals surface area contributed by atoms with Crippen LogP contribution in [-0.2, 0) is 6.61 Å². The molecule has 0 aliphatic carbocycles. The topological polar surface area (TPSA) is 37.9 Å². The van der Waals surface area contributed by atoms with Gasteiger partial charge in [0.25, 0.3) is 0 Å². The quantitative estimate of drug-likeness (QED) is 0.765. The average molecular weight is 242 g/mol. The van der Waals surface area contributed by atoms with Crippen molar-refractivity contribution in [1.29, 1.82) is 0 Å². The number of rotatable bonds is 3. The maximum atomic E-state index is 13.5. The maximum absolute atomic E-state index is 13.5. The molecule has 18 heavy (non-hydrogen) atoms. The average Bonchev–Trinajstić information content (AvgIpc) is 2.82. The molecular weight excluding hydrogens is 231 g/mol. The first-order valence-corrected chi connectivity index (χ1v) is 5.62. The van der Waals surface area contributed by atoms with Crippen LogP contribution >= 0.6 is 0 Å². The van der Waals surface area contributed by atoms with E-state index in [1.54, 1.807) is 24.5 Å². The van der Waals surface area contributed by atoms with Crippen LogP contribution in [0, 0.1) is 5.82 Å². The van der Waals surface area contributed by atoms with Crippen molar-refractivity contribution in [3.05, 3.63) is 60.3 Å². The van der Waals surface area contributed by atoms with E-state index in [2.05, 4.69) is 9.97 Å². The van der Waals surface area contributed by atoms with Crippen LogP contribution in [0.25, 0.3) is 10.9 Å². The molecule has 2 aromatic heterocycles. The lowest BCUT2D eigenvalue weighted by atomic mass is 10.2. The van der Waals surface area contributed by atoms with E-state index >= 15 is 0 Å². The van der Waals surface area contributed by atoms with E-state index in [-0.39, 0.29) is 5.82 Å². The molecule has 0 amide bonds. The van der Waals surface area contributed by atoms with Gasteiger partial charge in [-0.2, -0.15) is 0 Å². The normalized spacial score (nSPS) is 10.7. The van der Waals surface area contributed by atoms with E-state index in [9.17, 15) is 4.39 Å². The van der Waals surface area contributed by atoms with Gasteiger partial charge in [-0.15, -0.1) is 0 Å². The Kier molecular flexibility index (Phi) is 2.68. The van der Waals surface area contributed by atoms with Gasteiger partial charge in [0.15, 0.2) is 0 Å². The smallest absolute Gasteiger partial charge is 0.147 e. The molecular formula is C14H11FN2O. The molecule has 0 fully saturated rings. The number of nitrogens with zero attached hydrogens (tertiary/aromatic N) is 1. The molecule has 1 aromatic carbocycles. The van der Waals surface area contributed by atoms with Crippen LogP contribution in [0.1, 0.15) is 5.69 Å². The molecule has 3 nitrogen and oxygen atoms in total. The molecule has 1 N–H and O–H groups in total. The number of hydrogen-bond donors (Lipinski definition) is 1. The van der Waals surface area contributed by atoms with Crippen LogP contribution in [0.2, 0.25) is 0 Å². The summed E-state index contributed by atoms with van der Waals surface area (Å²) in [7, 11) is 0. The van der Waals surface area contributed by atoms with Crippen molar-refractivity contribution < 1.29 is 9.13 Å². The molecule has 0 unspecified atom stereocenters. The fraction of sp³-hybridized carbons (Fsp3) is 0.0714. The molecule has 90 valence electrons. The third kappa shape index (κ3) is 2.05. The minimum absolute atomic E-state index is 0.250. The zero-order valence-corrected chi connectivity index (χ0v) is 9.56. The molecule has 0 atom stereocenters. The van der Waals surface area contributed by atoms with Crippen molar-refractivity contribution in [2.24, 2.45) is 0 Å². The Morgan fingerprint density at radius 3 is 2.94 bits per heavy atom. The monoisotopic (exact) mass is 242 g/mol. The number of hydrogen-bond acceptors (Lipinski definition) is 2. The number of benzene rings is 1. The van der Waals surface area contributed by atoms with Crippen LogP contribution in [0.3, 0.4) is 0 Å². The lowest BCUT2D eigenvalue weighted by molar-refractivity contribution is 0.301. The molecule has 0 saturated carbocycles. The lowest BCUT2D eigenvalue weighted by Crippen LogP contribution is -1.95. The van der Waals surface area contributed by atoms with Gasteiger partial charge in [-0.1, -0.05) is 12.1 Å². The maximum Gasteiger partial charge on any atom is 0.147 e. The van der Waals surface area contributed by atoms with Gasteiger partial charge >= 0.3 is 0 Å². The van der Waals surface area contributed by atoms with Crippen LogP contribution in [0.5, 0.6) is 5.75 Å². The minimum atomic E-state index is -0.250. The molecule has 0 aliphatic rings. The van der Waals surface area contributed by atoms with Crippen LogP contribution in [0.4, 0.5) is 4.39 Å². The molecule has 4 heteroatoms. The fourth-order valence-corrected chi connectivity index (χ4v) is 1.85. The molecule has 2 heterocycles. The summed E-state index contributed by atoms with van der Waals surface area (Å²) in [6, 6.07) is 10.5. The zero-order valence-electron chi connectivity index (χ0n) is 9.56. The number of para-hydroxylation sites is 1. The van der Waals surface area contributed by atoms with E-state index in [4.69, 9.17) is 4.74 Å². The first-order chi connectivity index (χ1) is 8.83. The van der Waals surface area contributed by atoms with Gasteiger partial charge in [0.05, 0.1) is 17.4 Å². The summed E-state index contributed by atoms with van der Waals surface area (Å²) in [5.41, 5.74) is 1.35. The first-order valence-electron chi connectivity index (χ1n) is 5.62. The molecule has 3 aromatic rings. The third-order valence-corrected chi connectivity index (χ3v) is 2.69. The van der Waals surface area contributed by atoms with E-state index in [1.165, 1.54) is 6.07 Å². The van der Waals surface area contributed by atoms with Gasteiger partial charge in [-0.3, -0.25) is 4.98 Å². The minimum Gasteiger partial charge on any atom is -0.486 e. The Hall–Kier alpha value is -2.36. The molecule has 0 bridgehead atoms. The SMILES string of the molecule is Fc1cccc2cc(COc3cccnc3)[nH]c12. The summed E-state index contributed by atoms with van der Waals surface area (Å²) >= 11 is 0. The van der Waals surface area contributed by atoms with Gasteiger partial charge in [0.1, 0.15) is 18.2 Å². The van der Waals surface area contributed by atoms with Crippen molar-refractivity contribution >= 4 is 10.9 Å². The second-order valence-electron chi connectivity index (χ2n) is 3.98. The van der Waals surface area contributed by atoms with Gasteiger partial charge in [0, 0.05) is 11.6 Å². The van der Waals surface area contributed by atoms with E-state index in [0.29, 0.717) is 17.9 Å². The standard InChI is InChI=1S/C14H11FN2O/c15-13-5-1-3-10-7-11(17-14(10)13)9-18-12-4-2-6-16-8-12/h1-8,17H,9H2. The summed E-state index contributed by atoms with van der Waals surface area (Å²) in [6.07, 6.45) is 3.33. The number of aromatic amines is 1. The second-order valence-corrected chi connectivity index (χ2v) is 3.98. The predicted molar refractivity (Wildman–Crippen MR) is 66.8 cm³/mol. The third-order valence-electron chi connectivity index (χ3n) is 2.69. The van der Waals surface area contributed by atoms with Gasteiger partial charge < -0.3 is 9.72 Å². The summed E-state index contributed by atoms with van der Waals surface area (Å²) in [5, 5.41) is 0.847. The van der Waals surface area contributed by atoms with Gasteiger partial charge in [0.2, 0.25) is 0 Å². The summed E-state index contributed by atoms with van der Waals surface area (Å²) in [4.78, 5) is 6.97. The van der Waals surface area contributed by atoms with Crippen molar-refractivity contribution in [2.45, 2.75) is 6.61 Å². The number of H-pyrrole nitrogens is 1. The van der Waals surface area contributed by atoms with E-state index in [0.717, 1.165) is 11.1 Å². The van der Waals surface area contributed by atoms with Crippen LogP contribution < -0.4 is 4.74 Å². The highest BCUT2D eigenvalue weighted by Crippen LogP contribution is 2.19. The summed E-state index contributed by atoms with van der Waals surface area (Å²) < 4.78 is 19.0. The van der Waals surface area contributed by atoms with Crippen LogP contribution in [-0.4, -0.2) is 9.97 Å². The van der Waals surface area contributed by atoms with Crippen molar-refractivity contribution in [3.8, 4) is 5.75 Å². The zero-order chi connectivity index (χ0) is 12.4. The van der Waals surface area contributed by atoms with Crippen molar-refractivity contribution in [1.82, 2.24) is 9.97 Å². The number of pyridine rings is 1. The highest BCUT2D eigenvalue weighted by Gasteiger charge is 2.05. The van der Waals surface area contributed by atoms with Gasteiger partial charge in [-0.05, 0) is 24.3 Å². The van der Waals surface area contributed by atoms with Crippen molar-refractivity contribution in [2.75, 3.05) is 0 Å². The largest absolute Gasteiger partial charge is 0.486 e. The Morgan fingerprint density at radius 1 is 1.22 bits per heavy atom. The van der Waals surface area contributed by atoms with E-state index in [1.807, 2.05) is 18.2 Å². The summed E-state index contributed by atoms with van der Waals surface area (Å²) in [6.45, 7) is 0.361. The number of ether oxygens (including phenoxy) is 1. The second kappa shape index (κ2) is 4.49. The fourth-order valence-electron chi connectivity index (χ4n) is 1.85. The predicted octanol–water partition coefficient (Wildman–Crippen LogP) is 3.28. The molecule has 0 radical (unpaired) electrons. The van der Waals surface area contributed by atoms with Crippen LogP contribution in [0.15, 0.2) is 48.8 Å². The summed E-state index contributed by atoms with van der Waals surface area (Å²) in [5.74, 6) is 0.441. The Morgan fingerprint density at radius 2 is 2.17 bits per heavy atom. The number of fused-ring (bicyclic) bond motifs is 1. The van der Waals surface area contributed by atoms with Crippen molar-refractivity contribution in [3.63, 3.8) is 0 Å². The Balaban J connectivity index is 1.81. The Labute approximate surface area is 103 Å². The first kappa shape index (κ1) is 10.8. The molecule has 0 saturated heterocycles. The number of aromatic nitrogens is 2. The van der Waals surface area contributed by atoms with E-state index < -0.39 is 0 Å². The molecule has 0 aliphatic heterocycles.